The van der Waals surface area contributed by atoms with E-state index in [4.69, 9.17) is 32.2 Å². The Morgan fingerprint density at radius 1 is 1.00 bits per heavy atom. The molecule has 0 saturated heterocycles. The van der Waals surface area contributed by atoms with Crippen molar-refractivity contribution in [2.45, 2.75) is 39.2 Å². The molecule has 3 aromatic rings. The average molecular weight is 531 g/mol. The van der Waals surface area contributed by atoms with Crippen molar-refractivity contribution in [3.8, 4) is 11.5 Å². The van der Waals surface area contributed by atoms with Crippen LogP contribution in [0.3, 0.4) is 0 Å². The predicted octanol–water partition coefficient (Wildman–Crippen LogP) is 5.09. The lowest BCUT2D eigenvalue weighted by Crippen LogP contribution is -2.23. The molecule has 1 atom stereocenters. The van der Waals surface area contributed by atoms with Crippen molar-refractivity contribution >= 4 is 29.1 Å². The molecule has 0 bridgehead atoms. The van der Waals surface area contributed by atoms with Crippen LogP contribution >= 0.6 is 12.2 Å². The molecule has 10 heteroatoms. The van der Waals surface area contributed by atoms with Gasteiger partial charge in [-0.3, -0.25) is 9.59 Å². The van der Waals surface area contributed by atoms with Crippen LogP contribution < -0.4 is 15.2 Å². The van der Waals surface area contributed by atoms with Gasteiger partial charge in [0, 0.05) is 31.5 Å². The van der Waals surface area contributed by atoms with Gasteiger partial charge in [0.1, 0.15) is 28.4 Å². The number of esters is 2. The highest BCUT2D eigenvalue weighted by Gasteiger charge is 2.24. The summed E-state index contributed by atoms with van der Waals surface area (Å²) in [5.74, 6) is -1.22. The molecule has 0 spiro atoms. The van der Waals surface area contributed by atoms with Gasteiger partial charge in [0.15, 0.2) is 5.75 Å². The number of benzene rings is 2. The third-order valence-electron chi connectivity index (χ3n) is 5.10. The van der Waals surface area contributed by atoms with Crippen LogP contribution in [-0.2, 0) is 14.3 Å². The van der Waals surface area contributed by atoms with Crippen LogP contribution in [-0.4, -0.2) is 35.1 Å². The number of ether oxygens (including phenoxy) is 3. The molecule has 2 N–H and O–H groups in total. The maximum Gasteiger partial charge on any atom is 0.308 e. The van der Waals surface area contributed by atoms with E-state index in [1.807, 2.05) is 0 Å². The molecule has 0 aliphatic carbocycles. The number of hydrogen-bond acceptors (Lipinski definition) is 7. The Morgan fingerprint density at radius 3 is 1.92 bits per heavy atom. The van der Waals surface area contributed by atoms with E-state index in [2.05, 4.69) is 4.98 Å². The molecule has 0 amide bonds. The van der Waals surface area contributed by atoms with E-state index >= 15 is 0 Å². The first-order valence-corrected chi connectivity index (χ1v) is 11.7. The Bertz CT molecular complexity index is 1170. The van der Waals surface area contributed by atoms with Crippen LogP contribution in [0.25, 0.3) is 0 Å². The fraction of sp³-hybridized carbons (Fsp3) is 0.259. The van der Waals surface area contributed by atoms with E-state index in [0.717, 1.165) is 11.1 Å². The third-order valence-corrected chi connectivity index (χ3v) is 5.29. The van der Waals surface area contributed by atoms with E-state index in [1.54, 1.807) is 44.2 Å². The number of carbonyl (C=O) groups is 2. The van der Waals surface area contributed by atoms with E-state index in [9.17, 15) is 18.4 Å². The SMILES string of the molecule is CCC(=O)OC(C)C(c1ccc(F)cc1)c1ccc(F)cc1.COc1ccnc(C(N)=S)c1OC(C)=O. The number of carbonyl (C=O) groups excluding carboxylic acids is 2. The topological polar surface area (TPSA) is 101 Å². The van der Waals surface area contributed by atoms with Gasteiger partial charge in [-0.25, -0.2) is 13.8 Å². The molecule has 0 saturated carbocycles. The third kappa shape index (κ3) is 8.60. The molecular weight excluding hydrogens is 502 g/mol. The average Bonchev–Trinajstić information content (AvgIpc) is 2.86. The number of halogens is 2. The molecule has 0 radical (unpaired) electrons. The second-order valence-electron chi connectivity index (χ2n) is 7.78. The lowest BCUT2D eigenvalue weighted by molar-refractivity contribution is -0.148. The van der Waals surface area contributed by atoms with Gasteiger partial charge >= 0.3 is 11.9 Å². The second kappa shape index (κ2) is 14.0. The van der Waals surface area contributed by atoms with Gasteiger partial charge in [-0.1, -0.05) is 43.4 Å². The van der Waals surface area contributed by atoms with Gasteiger partial charge in [-0.05, 0) is 42.3 Å². The number of aromatic nitrogens is 1. The molecule has 1 unspecified atom stereocenters. The number of methoxy groups -OCH3 is 1. The molecule has 3 rings (SSSR count). The van der Waals surface area contributed by atoms with Crippen molar-refractivity contribution in [1.82, 2.24) is 4.98 Å². The fourth-order valence-corrected chi connectivity index (χ4v) is 3.59. The zero-order valence-electron chi connectivity index (χ0n) is 20.9. The summed E-state index contributed by atoms with van der Waals surface area (Å²) < 4.78 is 41.6. The fourth-order valence-electron chi connectivity index (χ4n) is 3.44. The molecule has 1 heterocycles. The molecule has 1 aromatic heterocycles. The highest BCUT2D eigenvalue weighted by molar-refractivity contribution is 7.80. The Kier molecular flexibility index (Phi) is 11.1. The Hall–Kier alpha value is -3.92. The Balaban J connectivity index is 0.000000281. The first-order chi connectivity index (χ1) is 17.6. The van der Waals surface area contributed by atoms with Gasteiger partial charge < -0.3 is 19.9 Å². The van der Waals surface area contributed by atoms with Crippen molar-refractivity contribution in [3.63, 3.8) is 0 Å². The van der Waals surface area contributed by atoms with Crippen molar-refractivity contribution < 1.29 is 32.6 Å². The van der Waals surface area contributed by atoms with Crippen LogP contribution in [0.4, 0.5) is 8.78 Å². The summed E-state index contributed by atoms with van der Waals surface area (Å²) >= 11 is 4.78. The van der Waals surface area contributed by atoms with E-state index < -0.39 is 12.1 Å². The van der Waals surface area contributed by atoms with Crippen LogP contribution in [0.5, 0.6) is 11.5 Å². The van der Waals surface area contributed by atoms with E-state index in [1.165, 1.54) is 44.5 Å². The van der Waals surface area contributed by atoms with Crippen LogP contribution in [0, 0.1) is 11.6 Å². The summed E-state index contributed by atoms with van der Waals surface area (Å²) in [6, 6.07) is 13.6. The monoisotopic (exact) mass is 530 g/mol. The molecule has 7 nitrogen and oxygen atoms in total. The Labute approximate surface area is 219 Å². The number of thiocarbonyl (C=S) groups is 1. The van der Waals surface area contributed by atoms with Crippen molar-refractivity contribution in [2.24, 2.45) is 5.73 Å². The minimum atomic E-state index is -0.487. The van der Waals surface area contributed by atoms with Crippen molar-refractivity contribution in [3.05, 3.63) is 89.2 Å². The molecular formula is C27H28F2N2O5S. The summed E-state index contributed by atoms with van der Waals surface area (Å²) in [6.07, 6.45) is 1.31. The summed E-state index contributed by atoms with van der Waals surface area (Å²) in [6.45, 7) is 4.78. The lowest BCUT2D eigenvalue weighted by Gasteiger charge is -2.25. The zero-order chi connectivity index (χ0) is 27.5. The maximum atomic E-state index is 13.1. The minimum absolute atomic E-state index is 0.0464. The summed E-state index contributed by atoms with van der Waals surface area (Å²) in [7, 11) is 1.45. The van der Waals surface area contributed by atoms with E-state index in [-0.39, 0.29) is 46.4 Å². The highest BCUT2D eigenvalue weighted by Crippen LogP contribution is 2.31. The van der Waals surface area contributed by atoms with Gasteiger partial charge in [0.25, 0.3) is 0 Å². The smallest absolute Gasteiger partial charge is 0.308 e. The predicted molar refractivity (Wildman–Crippen MR) is 138 cm³/mol. The molecule has 196 valence electrons. The zero-order valence-corrected chi connectivity index (χ0v) is 21.7. The number of pyridine rings is 1. The summed E-state index contributed by atoms with van der Waals surface area (Å²) in [5, 5.41) is 0. The van der Waals surface area contributed by atoms with E-state index in [0.29, 0.717) is 5.75 Å². The number of nitrogens with two attached hydrogens (primary N) is 1. The molecule has 37 heavy (non-hydrogen) atoms. The normalized spacial score (nSPS) is 11.1. The first kappa shape index (κ1) is 29.3. The Morgan fingerprint density at radius 2 is 1.51 bits per heavy atom. The van der Waals surface area contributed by atoms with Crippen LogP contribution in [0.1, 0.15) is 49.9 Å². The van der Waals surface area contributed by atoms with Gasteiger partial charge in [-0.15, -0.1) is 0 Å². The van der Waals surface area contributed by atoms with Crippen LogP contribution in [0.2, 0.25) is 0 Å². The summed E-state index contributed by atoms with van der Waals surface area (Å²) in [4.78, 5) is 26.4. The molecule has 0 fully saturated rings. The number of nitrogens with zero attached hydrogens (tertiary/aromatic N) is 1. The van der Waals surface area contributed by atoms with Crippen molar-refractivity contribution in [1.29, 1.82) is 0 Å². The quantitative estimate of drug-likeness (QED) is 0.318. The molecule has 2 aromatic carbocycles. The molecule has 0 aliphatic rings. The standard InChI is InChI=1S/C18H18F2O2.C9H10N2O3S/c1-3-17(21)22-12(2)18(13-4-8-15(19)9-5-13)14-6-10-16(20)11-7-14;1-5(12)14-8-6(13-2)3-4-11-7(8)9(10)15/h4-12,18H,3H2,1-2H3;3-4H,1-2H3,(H2,10,15). The number of hydrogen-bond donors (Lipinski definition) is 1. The molecule has 0 aliphatic heterocycles. The van der Waals surface area contributed by atoms with Gasteiger partial charge in [-0.2, -0.15) is 0 Å². The van der Waals surface area contributed by atoms with Crippen LogP contribution in [0.15, 0.2) is 60.8 Å². The second-order valence-corrected chi connectivity index (χ2v) is 8.22. The number of rotatable bonds is 8. The van der Waals surface area contributed by atoms with Gasteiger partial charge in [0.05, 0.1) is 7.11 Å². The first-order valence-electron chi connectivity index (χ1n) is 11.3. The lowest BCUT2D eigenvalue weighted by atomic mass is 9.87. The minimum Gasteiger partial charge on any atom is -0.493 e. The van der Waals surface area contributed by atoms with Crippen molar-refractivity contribution in [2.75, 3.05) is 7.11 Å². The van der Waals surface area contributed by atoms with Gasteiger partial charge in [0.2, 0.25) is 5.75 Å². The largest absolute Gasteiger partial charge is 0.493 e. The summed E-state index contributed by atoms with van der Waals surface area (Å²) in [5.41, 5.74) is 7.29. The highest BCUT2D eigenvalue weighted by atomic mass is 32.1. The maximum absolute atomic E-state index is 13.1.